The van der Waals surface area contributed by atoms with Gasteiger partial charge in [-0.05, 0) is 56.6 Å². The molecule has 0 bridgehead atoms. The van der Waals surface area contributed by atoms with Crippen molar-refractivity contribution in [1.82, 2.24) is 19.7 Å². The van der Waals surface area contributed by atoms with Crippen LogP contribution in [0.1, 0.15) is 70.1 Å². The monoisotopic (exact) mass is 384 g/mol. The van der Waals surface area contributed by atoms with E-state index in [0.29, 0.717) is 12.1 Å². The molecule has 3 N–H and O–H groups in total. The Hall–Kier alpha value is -1.95. The fraction of sp³-hybridized carbons (Fsp3) is 0.682. The van der Waals surface area contributed by atoms with Crippen molar-refractivity contribution in [3.05, 3.63) is 23.7 Å². The highest BCUT2D eigenvalue weighted by Gasteiger charge is 2.26. The van der Waals surface area contributed by atoms with E-state index in [-0.39, 0.29) is 0 Å². The van der Waals surface area contributed by atoms with Crippen LogP contribution in [0.25, 0.3) is 11.3 Å². The van der Waals surface area contributed by atoms with E-state index in [1.54, 1.807) is 0 Å². The zero-order valence-electron chi connectivity index (χ0n) is 17.9. The quantitative estimate of drug-likeness (QED) is 0.806. The molecular formula is C22H36N6. The van der Waals surface area contributed by atoms with Crippen LogP contribution < -0.4 is 11.1 Å². The van der Waals surface area contributed by atoms with Crippen molar-refractivity contribution in [1.29, 1.82) is 0 Å². The third kappa shape index (κ3) is 5.77. The Morgan fingerprint density at radius 2 is 1.82 bits per heavy atom. The van der Waals surface area contributed by atoms with Gasteiger partial charge in [-0.1, -0.05) is 33.1 Å². The summed E-state index contributed by atoms with van der Waals surface area (Å²) in [4.78, 5) is 9.38. The fourth-order valence-electron chi connectivity index (χ4n) is 3.71. The number of nitrogens with one attached hydrogen (secondary N) is 1. The zero-order valence-corrected chi connectivity index (χ0v) is 17.9. The third-order valence-corrected chi connectivity index (χ3v) is 5.41. The minimum Gasteiger partial charge on any atom is -0.351 e. The lowest BCUT2D eigenvalue weighted by Gasteiger charge is -2.23. The second kappa shape index (κ2) is 9.50. The number of nitrogens with two attached hydrogens (primary N) is 1. The molecule has 0 aromatic carbocycles. The van der Waals surface area contributed by atoms with Gasteiger partial charge in [0.1, 0.15) is 0 Å². The molecule has 2 aromatic heterocycles. The van der Waals surface area contributed by atoms with Crippen molar-refractivity contribution < 1.29 is 0 Å². The summed E-state index contributed by atoms with van der Waals surface area (Å²) in [5.41, 5.74) is 9.75. The predicted molar refractivity (Wildman–Crippen MR) is 115 cm³/mol. The van der Waals surface area contributed by atoms with E-state index in [9.17, 15) is 0 Å². The molecule has 2 aliphatic carbocycles. The maximum Gasteiger partial charge on any atom is 0.223 e. The normalized spacial score (nSPS) is 17.4. The summed E-state index contributed by atoms with van der Waals surface area (Å²) in [7, 11) is 2.04. The largest absolute Gasteiger partial charge is 0.351 e. The van der Waals surface area contributed by atoms with E-state index in [0.717, 1.165) is 29.5 Å². The van der Waals surface area contributed by atoms with Crippen LogP contribution in [-0.4, -0.2) is 31.8 Å². The highest BCUT2D eigenvalue weighted by Crippen LogP contribution is 2.36. The fourth-order valence-corrected chi connectivity index (χ4v) is 3.71. The summed E-state index contributed by atoms with van der Waals surface area (Å²) >= 11 is 0. The Morgan fingerprint density at radius 1 is 1.14 bits per heavy atom. The van der Waals surface area contributed by atoms with Gasteiger partial charge in [-0.3, -0.25) is 4.68 Å². The molecule has 6 heteroatoms. The van der Waals surface area contributed by atoms with E-state index in [2.05, 4.69) is 22.3 Å². The Balaban J connectivity index is 0.000000516. The summed E-state index contributed by atoms with van der Waals surface area (Å²) in [5.74, 6) is 1.60. The highest BCUT2D eigenvalue weighted by molar-refractivity contribution is 5.65. The lowest BCUT2D eigenvalue weighted by atomic mass is 9.96. The van der Waals surface area contributed by atoms with Crippen LogP contribution in [0.4, 0.5) is 5.95 Å². The topological polar surface area (TPSA) is 81.7 Å². The van der Waals surface area contributed by atoms with E-state index in [1.165, 1.54) is 56.2 Å². The first-order valence-electron chi connectivity index (χ1n) is 10.8. The zero-order chi connectivity index (χ0) is 20.1. The van der Waals surface area contributed by atoms with Gasteiger partial charge < -0.3 is 11.1 Å². The van der Waals surface area contributed by atoms with E-state index < -0.39 is 0 Å². The van der Waals surface area contributed by atoms with Crippen molar-refractivity contribution in [3.63, 3.8) is 0 Å². The Labute approximate surface area is 169 Å². The molecule has 0 unspecified atom stereocenters. The van der Waals surface area contributed by atoms with Gasteiger partial charge in [0.25, 0.3) is 0 Å². The van der Waals surface area contributed by atoms with Gasteiger partial charge in [0, 0.05) is 30.5 Å². The SMILES string of the molecule is CC(C)N.Cc1cnc(NC2CCCCC2)nc1-c1cnn(C)c1CC1CC1. The molecular weight excluding hydrogens is 348 g/mol. The molecule has 0 amide bonds. The van der Waals surface area contributed by atoms with Crippen LogP contribution in [0, 0.1) is 12.8 Å². The van der Waals surface area contributed by atoms with Crippen LogP contribution >= 0.6 is 0 Å². The van der Waals surface area contributed by atoms with E-state index in [1.807, 2.05) is 38.0 Å². The molecule has 0 spiro atoms. The molecule has 4 rings (SSSR count). The van der Waals surface area contributed by atoms with Crippen molar-refractivity contribution in [2.75, 3.05) is 5.32 Å². The van der Waals surface area contributed by atoms with Gasteiger partial charge in [0.15, 0.2) is 0 Å². The number of anilines is 1. The van der Waals surface area contributed by atoms with E-state index in [4.69, 9.17) is 10.7 Å². The maximum atomic E-state index is 5.11. The molecule has 28 heavy (non-hydrogen) atoms. The number of rotatable bonds is 5. The summed E-state index contributed by atoms with van der Waals surface area (Å²) < 4.78 is 2.02. The van der Waals surface area contributed by atoms with Gasteiger partial charge in [-0.25, -0.2) is 9.97 Å². The lowest BCUT2D eigenvalue weighted by Crippen LogP contribution is -2.23. The van der Waals surface area contributed by atoms with Crippen LogP contribution in [0.5, 0.6) is 0 Å². The molecule has 2 fully saturated rings. The van der Waals surface area contributed by atoms with Crippen molar-refractivity contribution in [2.24, 2.45) is 18.7 Å². The van der Waals surface area contributed by atoms with Gasteiger partial charge in [0.2, 0.25) is 5.95 Å². The smallest absolute Gasteiger partial charge is 0.223 e. The first-order valence-corrected chi connectivity index (χ1v) is 10.8. The van der Waals surface area contributed by atoms with Crippen LogP contribution in [0.2, 0.25) is 0 Å². The van der Waals surface area contributed by atoms with E-state index >= 15 is 0 Å². The highest BCUT2D eigenvalue weighted by atomic mass is 15.3. The lowest BCUT2D eigenvalue weighted by molar-refractivity contribution is 0.461. The second-order valence-corrected chi connectivity index (χ2v) is 8.72. The average Bonchev–Trinajstić information content (AvgIpc) is 3.40. The summed E-state index contributed by atoms with van der Waals surface area (Å²) in [6.07, 6.45) is 14.2. The maximum absolute atomic E-state index is 5.11. The minimum atomic E-state index is 0.333. The van der Waals surface area contributed by atoms with Crippen LogP contribution in [0.3, 0.4) is 0 Å². The Bertz CT molecular complexity index is 754. The summed E-state index contributed by atoms with van der Waals surface area (Å²) in [5, 5.41) is 8.04. The molecule has 6 nitrogen and oxygen atoms in total. The molecule has 2 aliphatic rings. The Kier molecular flexibility index (Phi) is 7.05. The first-order chi connectivity index (χ1) is 13.4. The first kappa shape index (κ1) is 20.8. The molecule has 2 aromatic rings. The summed E-state index contributed by atoms with van der Waals surface area (Å²) in [6.45, 7) is 5.98. The van der Waals surface area contributed by atoms with Crippen LogP contribution in [0.15, 0.2) is 12.4 Å². The van der Waals surface area contributed by atoms with Gasteiger partial charge in [-0.2, -0.15) is 5.10 Å². The van der Waals surface area contributed by atoms with Gasteiger partial charge in [-0.15, -0.1) is 0 Å². The third-order valence-electron chi connectivity index (χ3n) is 5.41. The number of hydrogen-bond donors (Lipinski definition) is 2. The molecule has 154 valence electrons. The minimum absolute atomic E-state index is 0.333. The van der Waals surface area contributed by atoms with Crippen molar-refractivity contribution >= 4 is 5.95 Å². The van der Waals surface area contributed by atoms with Crippen molar-refractivity contribution in [2.45, 2.75) is 84.2 Å². The average molecular weight is 385 g/mol. The van der Waals surface area contributed by atoms with Crippen LogP contribution in [-0.2, 0) is 13.5 Å². The standard InChI is InChI=1S/C19H27N5.C3H9N/c1-13-11-20-19(22-15-6-4-3-5-7-15)23-18(13)16-12-21-24(2)17(16)10-14-8-9-14;1-3(2)4/h11-12,14-15H,3-10H2,1-2H3,(H,20,22,23);3H,4H2,1-2H3. The molecule has 2 saturated carbocycles. The molecule has 2 heterocycles. The number of aryl methyl sites for hydroxylation is 2. The molecule has 0 aliphatic heterocycles. The van der Waals surface area contributed by atoms with Gasteiger partial charge >= 0.3 is 0 Å². The van der Waals surface area contributed by atoms with Gasteiger partial charge in [0.05, 0.1) is 11.9 Å². The number of nitrogens with zero attached hydrogens (tertiary/aromatic N) is 4. The number of aromatic nitrogens is 4. The molecule has 0 radical (unpaired) electrons. The van der Waals surface area contributed by atoms with Crippen molar-refractivity contribution in [3.8, 4) is 11.3 Å². The predicted octanol–water partition coefficient (Wildman–Crippen LogP) is 4.24. The number of hydrogen-bond acceptors (Lipinski definition) is 5. The molecule has 0 saturated heterocycles. The Morgan fingerprint density at radius 3 is 2.46 bits per heavy atom. The second-order valence-electron chi connectivity index (χ2n) is 8.72. The molecule has 0 atom stereocenters. The summed E-state index contributed by atoms with van der Waals surface area (Å²) in [6, 6.07) is 0.856.